The average Bonchev–Trinajstić information content (AvgIpc) is 3.22. The Hall–Kier alpha value is -2.44. The molecule has 1 aromatic heterocycles. The van der Waals surface area contributed by atoms with Crippen molar-refractivity contribution in [1.29, 1.82) is 0 Å². The number of carbonyl (C=O) groups is 2. The Bertz CT molecular complexity index is 857. The van der Waals surface area contributed by atoms with Crippen LogP contribution in [0.1, 0.15) is 38.5 Å². The van der Waals surface area contributed by atoms with Gasteiger partial charge in [0.05, 0.1) is 18.7 Å². The third kappa shape index (κ3) is 5.05. The first-order chi connectivity index (χ1) is 12.9. The first-order valence-corrected chi connectivity index (χ1v) is 9.77. The lowest BCUT2D eigenvalue weighted by Gasteiger charge is -2.22. The van der Waals surface area contributed by atoms with Gasteiger partial charge < -0.3 is 15.1 Å². The number of nitrogens with zero attached hydrogens (tertiary/aromatic N) is 1. The fraction of sp³-hybridized carbons (Fsp3) is 0.333. The Morgan fingerprint density at radius 2 is 2.19 bits per heavy atom. The lowest BCUT2D eigenvalue weighted by Crippen LogP contribution is -2.31. The third-order valence-electron chi connectivity index (χ3n) is 4.66. The van der Waals surface area contributed by atoms with Gasteiger partial charge in [0.25, 0.3) is 0 Å². The van der Waals surface area contributed by atoms with E-state index in [1.54, 1.807) is 23.1 Å². The van der Waals surface area contributed by atoms with E-state index in [1.807, 2.05) is 31.2 Å². The highest BCUT2D eigenvalue weighted by atomic mass is 32.1. The summed E-state index contributed by atoms with van der Waals surface area (Å²) in [6, 6.07) is 11.3. The van der Waals surface area contributed by atoms with Gasteiger partial charge in [0.1, 0.15) is 4.88 Å². The predicted octanol–water partition coefficient (Wildman–Crippen LogP) is 3.41. The molecule has 142 valence electrons. The quantitative estimate of drug-likeness (QED) is 0.716. The molecular formula is C21H23NO4S. The van der Waals surface area contributed by atoms with Crippen LogP contribution in [0.3, 0.4) is 0 Å². The largest absolute Gasteiger partial charge is 0.477 e. The number of aryl methyl sites for hydroxylation is 1. The van der Waals surface area contributed by atoms with E-state index in [9.17, 15) is 14.7 Å². The number of hydrogen-bond donors (Lipinski definition) is 2. The molecule has 1 amide bonds. The van der Waals surface area contributed by atoms with Crippen LogP contribution >= 0.6 is 11.3 Å². The molecule has 1 saturated heterocycles. The highest BCUT2D eigenvalue weighted by Crippen LogP contribution is 2.26. The number of carboxylic acid groups (broad SMARTS) is 1. The van der Waals surface area contributed by atoms with Crippen LogP contribution in [-0.4, -0.2) is 39.1 Å². The van der Waals surface area contributed by atoms with Crippen LogP contribution in [0.5, 0.6) is 0 Å². The molecule has 1 aliphatic rings. The Kier molecular flexibility index (Phi) is 6.08. The minimum atomic E-state index is -0.949. The average molecular weight is 385 g/mol. The van der Waals surface area contributed by atoms with Crippen molar-refractivity contribution in [3.63, 3.8) is 0 Å². The summed E-state index contributed by atoms with van der Waals surface area (Å²) in [5.74, 6) is -0.891. The molecule has 2 N–H and O–H groups in total. The Labute approximate surface area is 162 Å². The van der Waals surface area contributed by atoms with Crippen molar-refractivity contribution in [3.05, 3.63) is 69.4 Å². The normalized spacial score (nSPS) is 18.4. The van der Waals surface area contributed by atoms with Crippen molar-refractivity contribution in [2.75, 3.05) is 0 Å². The minimum Gasteiger partial charge on any atom is -0.477 e. The Morgan fingerprint density at radius 1 is 1.37 bits per heavy atom. The van der Waals surface area contributed by atoms with Crippen molar-refractivity contribution in [1.82, 2.24) is 4.90 Å². The standard InChI is InChI=1S/C21H23NO4S/c1-14-3-2-4-15(11-14)12-17(23)7-5-16-6-10-20(24)22(16)13-18-8-9-19(27-18)21(25)26/h2-5,7-9,11,16-17,23H,6,10,12-13H2,1H3,(H,25,26)/t16-,17+/m0/s1. The zero-order valence-electron chi connectivity index (χ0n) is 15.2. The van der Waals surface area contributed by atoms with Gasteiger partial charge >= 0.3 is 5.97 Å². The van der Waals surface area contributed by atoms with Crippen LogP contribution < -0.4 is 0 Å². The van der Waals surface area contributed by atoms with Crippen molar-refractivity contribution in [2.24, 2.45) is 0 Å². The van der Waals surface area contributed by atoms with Gasteiger partial charge in [-0.2, -0.15) is 0 Å². The fourth-order valence-electron chi connectivity index (χ4n) is 3.31. The molecule has 2 aromatic rings. The molecular weight excluding hydrogens is 362 g/mol. The number of aromatic carboxylic acids is 1. The minimum absolute atomic E-state index is 0.0584. The number of likely N-dealkylation sites (tertiary alicyclic amines) is 1. The van der Waals surface area contributed by atoms with Gasteiger partial charge in [0, 0.05) is 17.7 Å². The first kappa shape index (κ1) is 19.3. The summed E-state index contributed by atoms with van der Waals surface area (Å²) >= 11 is 1.19. The van der Waals surface area contributed by atoms with Gasteiger partial charge in [0.2, 0.25) is 5.91 Å². The van der Waals surface area contributed by atoms with Crippen molar-refractivity contribution >= 4 is 23.2 Å². The molecule has 0 spiro atoms. The van der Waals surface area contributed by atoms with E-state index in [4.69, 9.17) is 5.11 Å². The number of carbonyl (C=O) groups excluding carboxylic acids is 1. The van der Waals surface area contributed by atoms with Crippen LogP contribution in [0.15, 0.2) is 48.6 Å². The van der Waals surface area contributed by atoms with E-state index in [-0.39, 0.29) is 16.8 Å². The second-order valence-corrected chi connectivity index (χ2v) is 8.01. The maximum absolute atomic E-state index is 12.2. The number of hydrogen-bond acceptors (Lipinski definition) is 4. The first-order valence-electron chi connectivity index (χ1n) is 8.96. The van der Waals surface area contributed by atoms with Gasteiger partial charge in [-0.25, -0.2) is 4.79 Å². The van der Waals surface area contributed by atoms with E-state index < -0.39 is 12.1 Å². The lowest BCUT2D eigenvalue weighted by atomic mass is 10.0. The van der Waals surface area contributed by atoms with Crippen LogP contribution in [0.4, 0.5) is 0 Å². The number of amides is 1. The topological polar surface area (TPSA) is 77.8 Å². The van der Waals surface area contributed by atoms with Crippen molar-refractivity contribution < 1.29 is 19.8 Å². The van der Waals surface area contributed by atoms with Crippen molar-refractivity contribution in [2.45, 2.75) is 44.9 Å². The summed E-state index contributed by atoms with van der Waals surface area (Å²) in [4.78, 5) is 26.1. The van der Waals surface area contributed by atoms with E-state index >= 15 is 0 Å². The summed E-state index contributed by atoms with van der Waals surface area (Å²) in [5.41, 5.74) is 2.24. The Morgan fingerprint density at radius 3 is 2.89 bits per heavy atom. The van der Waals surface area contributed by atoms with Gasteiger partial charge in [0.15, 0.2) is 0 Å². The van der Waals surface area contributed by atoms with Gasteiger partial charge in [-0.3, -0.25) is 4.79 Å². The maximum atomic E-state index is 12.2. The van der Waals surface area contributed by atoms with E-state index in [0.29, 0.717) is 25.8 Å². The predicted molar refractivity (Wildman–Crippen MR) is 105 cm³/mol. The van der Waals surface area contributed by atoms with Gasteiger partial charge in [-0.05, 0) is 31.0 Å². The van der Waals surface area contributed by atoms with E-state index in [0.717, 1.165) is 16.0 Å². The summed E-state index contributed by atoms with van der Waals surface area (Å²) in [6.07, 6.45) is 4.77. The molecule has 0 bridgehead atoms. The van der Waals surface area contributed by atoms with Crippen LogP contribution in [0.2, 0.25) is 0 Å². The molecule has 0 aliphatic carbocycles. The number of carboxylic acids is 1. The van der Waals surface area contributed by atoms with Gasteiger partial charge in [-0.1, -0.05) is 42.0 Å². The maximum Gasteiger partial charge on any atom is 0.345 e. The number of aliphatic hydroxyl groups excluding tert-OH is 1. The Balaban J connectivity index is 1.62. The summed E-state index contributed by atoms with van der Waals surface area (Å²) in [6.45, 7) is 2.42. The van der Waals surface area contributed by atoms with Crippen molar-refractivity contribution in [3.8, 4) is 0 Å². The smallest absolute Gasteiger partial charge is 0.345 e. The zero-order chi connectivity index (χ0) is 19.4. The van der Waals surface area contributed by atoms with E-state index in [2.05, 4.69) is 6.07 Å². The molecule has 0 unspecified atom stereocenters. The highest BCUT2D eigenvalue weighted by Gasteiger charge is 2.29. The molecule has 27 heavy (non-hydrogen) atoms. The second-order valence-electron chi connectivity index (χ2n) is 6.84. The molecule has 1 aromatic carbocycles. The summed E-state index contributed by atoms with van der Waals surface area (Å²) in [5, 5.41) is 19.3. The van der Waals surface area contributed by atoms with Gasteiger partial charge in [-0.15, -0.1) is 11.3 Å². The second kappa shape index (κ2) is 8.50. The number of benzene rings is 1. The number of rotatable bonds is 7. The SMILES string of the molecule is Cc1cccc(C[C@H](O)C=C[C@H]2CCC(=O)N2Cc2ccc(C(=O)O)s2)c1. The highest BCUT2D eigenvalue weighted by molar-refractivity contribution is 7.13. The van der Waals surface area contributed by atoms with E-state index in [1.165, 1.54) is 11.3 Å². The van der Waals surface area contributed by atoms with Crippen LogP contribution in [-0.2, 0) is 17.8 Å². The number of thiophene rings is 1. The van der Waals surface area contributed by atoms with Crippen LogP contribution in [0, 0.1) is 6.92 Å². The monoisotopic (exact) mass is 385 g/mol. The molecule has 3 rings (SSSR count). The molecule has 6 heteroatoms. The fourth-order valence-corrected chi connectivity index (χ4v) is 4.16. The zero-order valence-corrected chi connectivity index (χ0v) is 16.0. The molecule has 5 nitrogen and oxygen atoms in total. The third-order valence-corrected chi connectivity index (χ3v) is 5.71. The lowest BCUT2D eigenvalue weighted by molar-refractivity contribution is -0.128. The molecule has 2 heterocycles. The number of aliphatic hydroxyl groups is 1. The molecule has 0 radical (unpaired) electrons. The molecule has 1 fully saturated rings. The molecule has 0 saturated carbocycles. The summed E-state index contributed by atoms with van der Waals surface area (Å²) in [7, 11) is 0. The molecule has 1 aliphatic heterocycles. The van der Waals surface area contributed by atoms with Crippen LogP contribution in [0.25, 0.3) is 0 Å². The summed E-state index contributed by atoms with van der Waals surface area (Å²) < 4.78 is 0. The molecule has 2 atom stereocenters.